The van der Waals surface area contributed by atoms with E-state index in [2.05, 4.69) is 22.5 Å². The van der Waals surface area contributed by atoms with E-state index in [0.717, 1.165) is 31.6 Å². The average molecular weight is 284 g/mol. The predicted octanol–water partition coefficient (Wildman–Crippen LogP) is 2.14. The Labute approximate surface area is 124 Å². The van der Waals surface area contributed by atoms with Crippen LogP contribution in [-0.4, -0.2) is 39.7 Å². The minimum atomic E-state index is 0.0644. The van der Waals surface area contributed by atoms with Gasteiger partial charge >= 0.3 is 0 Å². The van der Waals surface area contributed by atoms with Crippen LogP contribution < -0.4 is 5.32 Å². The third-order valence-electron chi connectivity index (χ3n) is 3.89. The minimum absolute atomic E-state index is 0.0644. The van der Waals surface area contributed by atoms with Crippen molar-refractivity contribution in [2.45, 2.75) is 18.9 Å². The summed E-state index contributed by atoms with van der Waals surface area (Å²) < 4.78 is 1.64. The van der Waals surface area contributed by atoms with Gasteiger partial charge in [-0.2, -0.15) is 5.10 Å². The van der Waals surface area contributed by atoms with Crippen molar-refractivity contribution in [2.24, 2.45) is 7.05 Å². The number of aryl methyl sites for hydroxylation is 1. The largest absolute Gasteiger partial charge is 0.381 e. The fourth-order valence-corrected chi connectivity index (χ4v) is 2.80. The van der Waals surface area contributed by atoms with Crippen molar-refractivity contribution < 1.29 is 4.79 Å². The lowest BCUT2D eigenvalue weighted by Crippen LogP contribution is -2.45. The van der Waals surface area contributed by atoms with Crippen molar-refractivity contribution in [3.8, 4) is 0 Å². The maximum atomic E-state index is 12.5. The first kappa shape index (κ1) is 13.7. The third-order valence-corrected chi connectivity index (χ3v) is 3.89. The van der Waals surface area contributed by atoms with E-state index < -0.39 is 0 Å². The highest BCUT2D eigenvalue weighted by atomic mass is 16.2. The smallest absolute Gasteiger partial charge is 0.272 e. The molecule has 1 saturated heterocycles. The van der Waals surface area contributed by atoms with Crippen LogP contribution in [0.15, 0.2) is 42.6 Å². The molecular formula is C16H20N4O. The number of aromatic nitrogens is 2. The van der Waals surface area contributed by atoms with Gasteiger partial charge in [0, 0.05) is 38.1 Å². The van der Waals surface area contributed by atoms with Gasteiger partial charge in [-0.05, 0) is 31.0 Å². The summed E-state index contributed by atoms with van der Waals surface area (Å²) in [6, 6.07) is 12.2. The number of amides is 1. The zero-order valence-electron chi connectivity index (χ0n) is 12.2. The molecule has 0 bridgehead atoms. The standard InChI is InChI=1S/C16H20N4O/c1-19-15(9-10-17-19)16(21)20-11-5-8-14(12-20)18-13-6-3-2-4-7-13/h2-4,6-7,9-10,14,18H,5,8,11-12H2,1H3. The van der Waals surface area contributed by atoms with Crippen LogP contribution in [0, 0.1) is 0 Å². The lowest BCUT2D eigenvalue weighted by molar-refractivity contribution is 0.0703. The molecule has 1 N–H and O–H groups in total. The van der Waals surface area contributed by atoms with Crippen molar-refractivity contribution in [1.82, 2.24) is 14.7 Å². The second kappa shape index (κ2) is 5.99. The first-order valence-electron chi connectivity index (χ1n) is 7.33. The molecule has 5 heteroatoms. The highest BCUT2D eigenvalue weighted by molar-refractivity contribution is 5.92. The summed E-state index contributed by atoms with van der Waals surface area (Å²) in [7, 11) is 1.80. The van der Waals surface area contributed by atoms with Crippen LogP contribution in [0.4, 0.5) is 5.69 Å². The Kier molecular flexibility index (Phi) is 3.90. The molecule has 1 aromatic heterocycles. The van der Waals surface area contributed by atoms with Crippen LogP contribution in [0.3, 0.4) is 0 Å². The SMILES string of the molecule is Cn1nccc1C(=O)N1CCCC(Nc2ccccc2)C1. The molecule has 3 rings (SSSR count). The summed E-state index contributed by atoms with van der Waals surface area (Å²) in [5.74, 6) is 0.0644. The highest BCUT2D eigenvalue weighted by Gasteiger charge is 2.25. The number of rotatable bonds is 3. The maximum absolute atomic E-state index is 12.5. The molecule has 0 saturated carbocycles. The summed E-state index contributed by atoms with van der Waals surface area (Å²) in [5.41, 5.74) is 1.76. The number of anilines is 1. The second-order valence-electron chi connectivity index (χ2n) is 5.44. The van der Waals surface area contributed by atoms with Gasteiger partial charge < -0.3 is 10.2 Å². The topological polar surface area (TPSA) is 50.2 Å². The minimum Gasteiger partial charge on any atom is -0.381 e. The van der Waals surface area contributed by atoms with Crippen LogP contribution in [0.1, 0.15) is 23.3 Å². The zero-order valence-corrected chi connectivity index (χ0v) is 12.2. The fraction of sp³-hybridized carbons (Fsp3) is 0.375. The number of carbonyl (C=O) groups excluding carboxylic acids is 1. The molecule has 1 unspecified atom stereocenters. The van der Waals surface area contributed by atoms with Gasteiger partial charge in [-0.1, -0.05) is 18.2 Å². The Morgan fingerprint density at radius 1 is 1.29 bits per heavy atom. The normalized spacial score (nSPS) is 18.5. The molecule has 1 amide bonds. The van der Waals surface area contributed by atoms with Gasteiger partial charge in [0.15, 0.2) is 0 Å². The molecule has 110 valence electrons. The Balaban J connectivity index is 1.66. The van der Waals surface area contributed by atoms with Gasteiger partial charge in [0.25, 0.3) is 5.91 Å². The molecule has 5 nitrogen and oxygen atoms in total. The van der Waals surface area contributed by atoms with E-state index in [9.17, 15) is 4.79 Å². The van der Waals surface area contributed by atoms with Gasteiger partial charge in [-0.3, -0.25) is 9.48 Å². The molecule has 2 aromatic rings. The van der Waals surface area contributed by atoms with E-state index in [4.69, 9.17) is 0 Å². The Bertz CT molecular complexity index is 608. The van der Waals surface area contributed by atoms with E-state index >= 15 is 0 Å². The van der Waals surface area contributed by atoms with Gasteiger partial charge in [0.2, 0.25) is 0 Å². The van der Waals surface area contributed by atoms with Crippen molar-refractivity contribution in [1.29, 1.82) is 0 Å². The summed E-state index contributed by atoms with van der Waals surface area (Å²) in [6.07, 6.45) is 3.77. The van der Waals surface area contributed by atoms with Crippen LogP contribution in [0.5, 0.6) is 0 Å². The van der Waals surface area contributed by atoms with Crippen LogP contribution in [0.2, 0.25) is 0 Å². The summed E-state index contributed by atoms with van der Waals surface area (Å²) in [4.78, 5) is 14.4. The molecule has 1 atom stereocenters. The van der Waals surface area contributed by atoms with Crippen LogP contribution in [0.25, 0.3) is 0 Å². The molecule has 2 heterocycles. The van der Waals surface area contributed by atoms with Crippen molar-refractivity contribution in [3.63, 3.8) is 0 Å². The highest BCUT2D eigenvalue weighted by Crippen LogP contribution is 2.17. The molecule has 1 aliphatic heterocycles. The lowest BCUT2D eigenvalue weighted by atomic mass is 10.0. The van der Waals surface area contributed by atoms with Gasteiger partial charge in [0.05, 0.1) is 0 Å². The molecule has 0 spiro atoms. The lowest BCUT2D eigenvalue weighted by Gasteiger charge is -2.33. The average Bonchev–Trinajstić information content (AvgIpc) is 2.94. The monoisotopic (exact) mass is 284 g/mol. The maximum Gasteiger partial charge on any atom is 0.272 e. The van der Waals surface area contributed by atoms with E-state index in [1.807, 2.05) is 23.1 Å². The van der Waals surface area contributed by atoms with E-state index in [-0.39, 0.29) is 5.91 Å². The molecular weight excluding hydrogens is 264 g/mol. The Morgan fingerprint density at radius 2 is 2.10 bits per heavy atom. The fourth-order valence-electron chi connectivity index (χ4n) is 2.80. The Hall–Kier alpha value is -2.30. The first-order chi connectivity index (χ1) is 10.2. The molecule has 21 heavy (non-hydrogen) atoms. The van der Waals surface area contributed by atoms with Crippen LogP contribution in [-0.2, 0) is 7.05 Å². The van der Waals surface area contributed by atoms with Crippen molar-refractivity contribution in [3.05, 3.63) is 48.3 Å². The number of nitrogens with zero attached hydrogens (tertiary/aromatic N) is 3. The molecule has 1 aromatic carbocycles. The summed E-state index contributed by atoms with van der Waals surface area (Å²) in [6.45, 7) is 1.55. The number of piperidine rings is 1. The van der Waals surface area contributed by atoms with E-state index in [1.54, 1.807) is 24.0 Å². The number of hydrogen-bond acceptors (Lipinski definition) is 3. The zero-order chi connectivity index (χ0) is 14.7. The first-order valence-corrected chi connectivity index (χ1v) is 7.33. The van der Waals surface area contributed by atoms with E-state index in [1.165, 1.54) is 0 Å². The summed E-state index contributed by atoms with van der Waals surface area (Å²) >= 11 is 0. The van der Waals surface area contributed by atoms with Gasteiger partial charge in [0.1, 0.15) is 5.69 Å². The van der Waals surface area contributed by atoms with Gasteiger partial charge in [-0.15, -0.1) is 0 Å². The molecule has 1 aliphatic rings. The second-order valence-corrected chi connectivity index (χ2v) is 5.44. The van der Waals surface area contributed by atoms with Crippen molar-refractivity contribution in [2.75, 3.05) is 18.4 Å². The number of para-hydroxylation sites is 1. The molecule has 0 radical (unpaired) electrons. The number of benzene rings is 1. The number of likely N-dealkylation sites (tertiary alicyclic amines) is 1. The van der Waals surface area contributed by atoms with Crippen LogP contribution >= 0.6 is 0 Å². The van der Waals surface area contributed by atoms with E-state index in [0.29, 0.717) is 11.7 Å². The van der Waals surface area contributed by atoms with Crippen molar-refractivity contribution >= 4 is 11.6 Å². The number of hydrogen-bond donors (Lipinski definition) is 1. The number of nitrogens with one attached hydrogen (secondary N) is 1. The molecule has 1 fully saturated rings. The Morgan fingerprint density at radius 3 is 2.81 bits per heavy atom. The molecule has 0 aliphatic carbocycles. The predicted molar refractivity (Wildman–Crippen MR) is 82.2 cm³/mol. The number of carbonyl (C=O) groups is 1. The summed E-state index contributed by atoms with van der Waals surface area (Å²) in [5, 5.41) is 7.58. The van der Waals surface area contributed by atoms with Gasteiger partial charge in [-0.25, -0.2) is 0 Å². The quantitative estimate of drug-likeness (QED) is 0.939. The third kappa shape index (κ3) is 3.07.